The van der Waals surface area contributed by atoms with Gasteiger partial charge >= 0.3 is 5.97 Å². The van der Waals surface area contributed by atoms with Crippen LogP contribution in [0.4, 0.5) is 0 Å². The highest BCUT2D eigenvalue weighted by Crippen LogP contribution is 2.13. The highest BCUT2D eigenvalue weighted by molar-refractivity contribution is 5.85. The number of aromatic nitrogens is 4. The number of aromatic carboxylic acids is 1. The Hall–Kier alpha value is -2.28. The van der Waals surface area contributed by atoms with E-state index in [1.807, 2.05) is 0 Å². The second-order valence-electron chi connectivity index (χ2n) is 3.56. The second-order valence-corrected chi connectivity index (χ2v) is 3.56. The monoisotopic (exact) mass is 248 g/mol. The molecular formula is C11H12N4O3. The normalized spacial score (nSPS) is 10.5. The zero-order valence-electron chi connectivity index (χ0n) is 9.78. The van der Waals surface area contributed by atoms with Crippen LogP contribution < -0.4 is 0 Å². The van der Waals surface area contributed by atoms with Crippen LogP contribution >= 0.6 is 0 Å². The van der Waals surface area contributed by atoms with Crippen LogP contribution in [0.5, 0.6) is 0 Å². The summed E-state index contributed by atoms with van der Waals surface area (Å²) in [6, 6.07) is 1.35. The minimum atomic E-state index is -1.08. The van der Waals surface area contributed by atoms with E-state index in [2.05, 4.69) is 15.1 Å². The van der Waals surface area contributed by atoms with Gasteiger partial charge in [0.05, 0.1) is 24.9 Å². The molecule has 0 saturated carbocycles. The van der Waals surface area contributed by atoms with Gasteiger partial charge in [0.25, 0.3) is 0 Å². The topological polar surface area (TPSA) is 90.1 Å². The zero-order chi connectivity index (χ0) is 13.0. The van der Waals surface area contributed by atoms with Gasteiger partial charge in [-0.15, -0.1) is 0 Å². The minimum Gasteiger partial charge on any atom is -0.477 e. The van der Waals surface area contributed by atoms with E-state index in [1.54, 1.807) is 24.2 Å². The van der Waals surface area contributed by atoms with Crippen LogP contribution in [-0.4, -0.2) is 44.5 Å². The summed E-state index contributed by atoms with van der Waals surface area (Å²) in [7, 11) is 1.61. The lowest BCUT2D eigenvalue weighted by molar-refractivity contribution is 0.0690. The van der Waals surface area contributed by atoms with Crippen LogP contribution in [0.25, 0.3) is 11.4 Å². The zero-order valence-corrected chi connectivity index (χ0v) is 9.78. The summed E-state index contributed by atoms with van der Waals surface area (Å²) < 4.78 is 6.63. The molecule has 0 saturated heterocycles. The Kier molecular flexibility index (Phi) is 3.63. The van der Waals surface area contributed by atoms with E-state index in [-0.39, 0.29) is 5.69 Å². The van der Waals surface area contributed by atoms with Crippen molar-refractivity contribution in [3.05, 3.63) is 30.4 Å². The molecule has 1 N–H and O–H groups in total. The number of nitrogens with zero attached hydrogens (tertiary/aromatic N) is 4. The third-order valence-electron chi connectivity index (χ3n) is 2.29. The standard InChI is InChI=1S/C11H12N4O3/c1-18-5-4-15-7-8(6-13-15)10-12-3-2-9(14-10)11(16)17/h2-3,6-7H,4-5H2,1H3,(H,16,17). The molecule has 7 nitrogen and oxygen atoms in total. The van der Waals surface area contributed by atoms with Crippen molar-refractivity contribution in [1.82, 2.24) is 19.7 Å². The maximum Gasteiger partial charge on any atom is 0.354 e. The Bertz CT molecular complexity index is 553. The maximum atomic E-state index is 10.8. The summed E-state index contributed by atoms with van der Waals surface area (Å²) >= 11 is 0. The smallest absolute Gasteiger partial charge is 0.354 e. The summed E-state index contributed by atoms with van der Waals surface area (Å²) in [5.74, 6) is -0.732. The second kappa shape index (κ2) is 5.37. The fourth-order valence-corrected chi connectivity index (χ4v) is 1.40. The molecule has 2 aromatic rings. The molecule has 18 heavy (non-hydrogen) atoms. The predicted octanol–water partition coefficient (Wildman–Crippen LogP) is 0.685. The molecule has 2 heterocycles. The molecule has 0 aliphatic rings. The molecule has 0 aromatic carbocycles. The molecule has 94 valence electrons. The Morgan fingerprint density at radius 1 is 1.56 bits per heavy atom. The first kappa shape index (κ1) is 12.2. The molecule has 0 aliphatic heterocycles. The number of rotatable bonds is 5. The van der Waals surface area contributed by atoms with Crippen LogP contribution in [0.3, 0.4) is 0 Å². The lowest BCUT2D eigenvalue weighted by Crippen LogP contribution is -2.04. The molecule has 0 aliphatic carbocycles. The highest BCUT2D eigenvalue weighted by atomic mass is 16.5. The fraction of sp³-hybridized carbons (Fsp3) is 0.273. The van der Waals surface area contributed by atoms with Crippen LogP contribution in [0.15, 0.2) is 24.7 Å². The van der Waals surface area contributed by atoms with E-state index < -0.39 is 5.97 Å². The van der Waals surface area contributed by atoms with Crippen molar-refractivity contribution < 1.29 is 14.6 Å². The van der Waals surface area contributed by atoms with Crippen molar-refractivity contribution in [2.75, 3.05) is 13.7 Å². The van der Waals surface area contributed by atoms with Crippen LogP contribution in [0, 0.1) is 0 Å². The molecule has 0 spiro atoms. The summed E-state index contributed by atoms with van der Waals surface area (Å²) in [6.45, 7) is 1.17. The van der Waals surface area contributed by atoms with Gasteiger partial charge in [-0.3, -0.25) is 4.68 Å². The van der Waals surface area contributed by atoms with Crippen LogP contribution in [-0.2, 0) is 11.3 Å². The van der Waals surface area contributed by atoms with Crippen molar-refractivity contribution in [3.63, 3.8) is 0 Å². The first-order valence-electron chi connectivity index (χ1n) is 5.29. The SMILES string of the molecule is COCCn1cc(-c2nccc(C(=O)O)n2)cn1. The average molecular weight is 248 g/mol. The van der Waals surface area contributed by atoms with Gasteiger partial charge < -0.3 is 9.84 Å². The summed E-state index contributed by atoms with van der Waals surface area (Å²) in [4.78, 5) is 18.8. The van der Waals surface area contributed by atoms with Crippen LogP contribution in [0.1, 0.15) is 10.5 Å². The fourth-order valence-electron chi connectivity index (χ4n) is 1.40. The van der Waals surface area contributed by atoms with Gasteiger partial charge in [0, 0.05) is 19.5 Å². The summed E-state index contributed by atoms with van der Waals surface area (Å²) in [5.41, 5.74) is 0.638. The number of carbonyl (C=O) groups is 1. The van der Waals surface area contributed by atoms with Gasteiger partial charge in [0.2, 0.25) is 0 Å². The van der Waals surface area contributed by atoms with Crippen molar-refractivity contribution in [1.29, 1.82) is 0 Å². The maximum absolute atomic E-state index is 10.8. The lowest BCUT2D eigenvalue weighted by atomic mass is 10.3. The van der Waals surface area contributed by atoms with Gasteiger partial charge in [0.1, 0.15) is 0 Å². The van der Waals surface area contributed by atoms with Gasteiger partial charge in [-0.1, -0.05) is 0 Å². The molecule has 0 amide bonds. The number of carboxylic acid groups (broad SMARTS) is 1. The van der Waals surface area contributed by atoms with Gasteiger partial charge in [-0.2, -0.15) is 5.10 Å². The Labute approximate surface area is 103 Å². The molecule has 7 heteroatoms. The number of hydrogen-bond donors (Lipinski definition) is 1. The van der Waals surface area contributed by atoms with Crippen LogP contribution in [0.2, 0.25) is 0 Å². The van der Waals surface area contributed by atoms with E-state index in [1.165, 1.54) is 12.3 Å². The van der Waals surface area contributed by atoms with Gasteiger partial charge in [0.15, 0.2) is 11.5 Å². The number of methoxy groups -OCH3 is 1. The van der Waals surface area contributed by atoms with Crippen molar-refractivity contribution in [2.45, 2.75) is 6.54 Å². The molecule has 2 aromatic heterocycles. The van der Waals surface area contributed by atoms with Gasteiger partial charge in [-0.05, 0) is 6.07 Å². The largest absolute Gasteiger partial charge is 0.477 e. The quantitative estimate of drug-likeness (QED) is 0.837. The third-order valence-corrected chi connectivity index (χ3v) is 2.29. The van der Waals surface area contributed by atoms with Crippen molar-refractivity contribution in [3.8, 4) is 11.4 Å². The number of hydrogen-bond acceptors (Lipinski definition) is 5. The van der Waals surface area contributed by atoms with E-state index in [9.17, 15) is 4.79 Å². The first-order valence-corrected chi connectivity index (χ1v) is 5.29. The molecule has 0 unspecified atom stereocenters. The summed E-state index contributed by atoms with van der Waals surface area (Å²) in [5, 5.41) is 13.0. The predicted molar refractivity (Wildman–Crippen MR) is 62.1 cm³/mol. The molecule has 0 atom stereocenters. The summed E-state index contributed by atoms with van der Waals surface area (Å²) in [6.07, 6.45) is 4.76. The van der Waals surface area contributed by atoms with E-state index in [0.717, 1.165) is 0 Å². The Balaban J connectivity index is 2.23. The molecule has 0 bridgehead atoms. The number of carboxylic acids is 1. The van der Waals surface area contributed by atoms with E-state index in [4.69, 9.17) is 9.84 Å². The number of ether oxygens (including phenoxy) is 1. The van der Waals surface area contributed by atoms with Gasteiger partial charge in [-0.25, -0.2) is 14.8 Å². The molecule has 0 radical (unpaired) electrons. The van der Waals surface area contributed by atoms with E-state index in [0.29, 0.717) is 24.5 Å². The highest BCUT2D eigenvalue weighted by Gasteiger charge is 2.09. The van der Waals surface area contributed by atoms with Crippen molar-refractivity contribution >= 4 is 5.97 Å². The Morgan fingerprint density at radius 2 is 2.39 bits per heavy atom. The first-order chi connectivity index (χ1) is 8.70. The van der Waals surface area contributed by atoms with E-state index >= 15 is 0 Å². The Morgan fingerprint density at radius 3 is 3.11 bits per heavy atom. The molecule has 2 rings (SSSR count). The molecule has 0 fully saturated rings. The average Bonchev–Trinajstić information content (AvgIpc) is 2.85. The van der Waals surface area contributed by atoms with Crippen molar-refractivity contribution in [2.24, 2.45) is 0 Å². The third kappa shape index (κ3) is 2.69. The molecular weight excluding hydrogens is 236 g/mol. The minimum absolute atomic E-state index is 0.0374. The lowest BCUT2D eigenvalue weighted by Gasteiger charge is -1.99.